The number of rotatable bonds is 3. The van der Waals surface area contributed by atoms with E-state index in [0.29, 0.717) is 0 Å². The van der Waals surface area contributed by atoms with Crippen LogP contribution in [-0.4, -0.2) is 22.0 Å². The molecule has 0 aliphatic rings. The number of pyridine rings is 1. The maximum absolute atomic E-state index is 4.71. The summed E-state index contributed by atoms with van der Waals surface area (Å²) in [7, 11) is 2.03. The maximum atomic E-state index is 4.71. The first-order valence-electron chi connectivity index (χ1n) is 6.57. The van der Waals surface area contributed by atoms with Crippen molar-refractivity contribution in [2.75, 3.05) is 11.9 Å². The molecule has 0 spiro atoms. The Morgan fingerprint density at radius 2 is 1.75 bits per heavy atom. The quantitative estimate of drug-likeness (QED) is 0.729. The van der Waals surface area contributed by atoms with Gasteiger partial charge in [0.05, 0.1) is 16.7 Å². The van der Waals surface area contributed by atoms with Crippen LogP contribution < -0.4 is 4.90 Å². The molecule has 0 aliphatic carbocycles. The predicted molar refractivity (Wildman–Crippen MR) is 80.6 cm³/mol. The molecule has 0 unspecified atom stereocenters. The van der Waals surface area contributed by atoms with Gasteiger partial charge in [0.2, 0.25) is 0 Å². The van der Waals surface area contributed by atoms with E-state index < -0.39 is 0 Å². The van der Waals surface area contributed by atoms with Crippen molar-refractivity contribution in [1.82, 2.24) is 15.0 Å². The van der Waals surface area contributed by atoms with Gasteiger partial charge in [0.15, 0.2) is 5.82 Å². The van der Waals surface area contributed by atoms with E-state index in [2.05, 4.69) is 20.9 Å². The Kier molecular flexibility index (Phi) is 3.29. The van der Waals surface area contributed by atoms with Crippen molar-refractivity contribution in [3.05, 3.63) is 60.0 Å². The number of para-hydroxylation sites is 2. The van der Waals surface area contributed by atoms with Crippen LogP contribution >= 0.6 is 0 Å². The highest BCUT2D eigenvalue weighted by Gasteiger charge is 2.10. The molecule has 0 saturated carbocycles. The monoisotopic (exact) mass is 264 g/mol. The van der Waals surface area contributed by atoms with E-state index in [1.807, 2.05) is 50.5 Å². The lowest BCUT2D eigenvalue weighted by atomic mass is 10.2. The lowest BCUT2D eigenvalue weighted by Crippen LogP contribution is -2.19. The smallest absolute Gasteiger partial charge is 0.150 e. The zero-order chi connectivity index (χ0) is 13.9. The molecule has 0 atom stereocenters. The van der Waals surface area contributed by atoms with Gasteiger partial charge >= 0.3 is 0 Å². The minimum absolute atomic E-state index is 0.766. The van der Waals surface area contributed by atoms with Crippen LogP contribution in [0.25, 0.3) is 11.0 Å². The molecule has 100 valence electrons. The van der Waals surface area contributed by atoms with Crippen LogP contribution in [0.1, 0.15) is 11.3 Å². The highest BCUT2D eigenvalue weighted by Crippen LogP contribution is 2.20. The van der Waals surface area contributed by atoms with Crippen LogP contribution in [0.15, 0.2) is 48.8 Å². The van der Waals surface area contributed by atoms with E-state index in [-0.39, 0.29) is 0 Å². The zero-order valence-corrected chi connectivity index (χ0v) is 11.6. The SMILES string of the molecule is Cc1nc2ccccc2nc1N(C)Cc1cccnc1. The Labute approximate surface area is 118 Å². The number of nitrogens with zero attached hydrogens (tertiary/aromatic N) is 4. The van der Waals surface area contributed by atoms with Crippen LogP contribution in [0.4, 0.5) is 5.82 Å². The van der Waals surface area contributed by atoms with Gasteiger partial charge in [-0.3, -0.25) is 4.98 Å². The van der Waals surface area contributed by atoms with Gasteiger partial charge in [-0.05, 0) is 30.7 Å². The van der Waals surface area contributed by atoms with Gasteiger partial charge in [-0.1, -0.05) is 18.2 Å². The molecule has 3 aromatic rings. The predicted octanol–water partition coefficient (Wildman–Crippen LogP) is 2.97. The average Bonchev–Trinajstić information content (AvgIpc) is 2.47. The van der Waals surface area contributed by atoms with E-state index in [4.69, 9.17) is 4.98 Å². The van der Waals surface area contributed by atoms with Crippen molar-refractivity contribution < 1.29 is 0 Å². The highest BCUT2D eigenvalue weighted by atomic mass is 15.2. The number of benzene rings is 1. The molecule has 0 saturated heterocycles. The lowest BCUT2D eigenvalue weighted by Gasteiger charge is -2.20. The summed E-state index contributed by atoms with van der Waals surface area (Å²) in [6.07, 6.45) is 3.66. The average molecular weight is 264 g/mol. The van der Waals surface area contributed by atoms with Gasteiger partial charge in [-0.15, -0.1) is 0 Å². The Bertz CT molecular complexity index is 725. The third kappa shape index (κ3) is 2.45. The fourth-order valence-electron chi connectivity index (χ4n) is 2.28. The van der Waals surface area contributed by atoms with Gasteiger partial charge in [0, 0.05) is 26.0 Å². The third-order valence-electron chi connectivity index (χ3n) is 3.22. The topological polar surface area (TPSA) is 41.9 Å². The molecule has 4 heteroatoms. The lowest BCUT2D eigenvalue weighted by molar-refractivity contribution is 0.881. The molecule has 0 amide bonds. The van der Waals surface area contributed by atoms with Crippen molar-refractivity contribution in [3.8, 4) is 0 Å². The van der Waals surface area contributed by atoms with Gasteiger partial charge in [0.25, 0.3) is 0 Å². The number of aromatic nitrogens is 3. The highest BCUT2D eigenvalue weighted by molar-refractivity contribution is 5.76. The molecule has 0 bridgehead atoms. The van der Waals surface area contributed by atoms with Gasteiger partial charge in [0.1, 0.15) is 0 Å². The molecular weight excluding hydrogens is 248 g/mol. The molecule has 0 N–H and O–H groups in total. The van der Waals surface area contributed by atoms with Crippen molar-refractivity contribution in [2.45, 2.75) is 13.5 Å². The number of hydrogen-bond acceptors (Lipinski definition) is 4. The first-order chi connectivity index (χ1) is 9.74. The standard InChI is InChI=1S/C16H16N4/c1-12-16(19-15-8-4-3-7-14(15)18-12)20(2)11-13-6-5-9-17-10-13/h3-10H,11H2,1-2H3. The first-order valence-corrected chi connectivity index (χ1v) is 6.57. The van der Waals surface area contributed by atoms with Crippen LogP contribution in [0.5, 0.6) is 0 Å². The Balaban J connectivity index is 1.95. The Morgan fingerprint density at radius 1 is 1.00 bits per heavy atom. The molecule has 0 fully saturated rings. The van der Waals surface area contributed by atoms with Crippen molar-refractivity contribution in [1.29, 1.82) is 0 Å². The summed E-state index contributed by atoms with van der Waals surface area (Å²) >= 11 is 0. The summed E-state index contributed by atoms with van der Waals surface area (Å²) in [6, 6.07) is 11.9. The number of hydrogen-bond donors (Lipinski definition) is 0. The summed E-state index contributed by atoms with van der Waals surface area (Å²) in [5, 5.41) is 0. The van der Waals surface area contributed by atoms with Crippen LogP contribution in [0.3, 0.4) is 0 Å². The molecular formula is C16H16N4. The molecule has 2 aromatic heterocycles. The minimum atomic E-state index is 0.766. The molecule has 2 heterocycles. The fraction of sp³-hybridized carbons (Fsp3) is 0.188. The van der Waals surface area contributed by atoms with E-state index in [0.717, 1.165) is 34.7 Å². The summed E-state index contributed by atoms with van der Waals surface area (Å²) in [4.78, 5) is 15.6. The molecule has 0 aliphatic heterocycles. The van der Waals surface area contributed by atoms with E-state index in [9.17, 15) is 0 Å². The van der Waals surface area contributed by atoms with Crippen LogP contribution in [0, 0.1) is 6.92 Å². The first kappa shape index (κ1) is 12.5. The Morgan fingerprint density at radius 3 is 2.45 bits per heavy atom. The van der Waals surface area contributed by atoms with Crippen molar-refractivity contribution in [3.63, 3.8) is 0 Å². The number of aryl methyl sites for hydroxylation is 1. The normalized spacial score (nSPS) is 10.7. The summed E-state index contributed by atoms with van der Waals surface area (Å²) in [5.41, 5.74) is 3.95. The van der Waals surface area contributed by atoms with Crippen LogP contribution in [-0.2, 0) is 6.54 Å². The van der Waals surface area contributed by atoms with Gasteiger partial charge in [-0.2, -0.15) is 0 Å². The largest absolute Gasteiger partial charge is 0.354 e. The van der Waals surface area contributed by atoms with Gasteiger partial charge in [-0.25, -0.2) is 9.97 Å². The summed E-state index contributed by atoms with van der Waals surface area (Å²) in [6.45, 7) is 2.76. The van der Waals surface area contributed by atoms with Gasteiger partial charge < -0.3 is 4.90 Å². The molecule has 0 radical (unpaired) electrons. The maximum Gasteiger partial charge on any atom is 0.150 e. The molecule has 3 rings (SSSR count). The zero-order valence-electron chi connectivity index (χ0n) is 11.6. The molecule has 4 nitrogen and oxygen atoms in total. The Hall–Kier alpha value is -2.49. The minimum Gasteiger partial charge on any atom is -0.354 e. The summed E-state index contributed by atoms with van der Waals surface area (Å²) in [5.74, 6) is 0.910. The van der Waals surface area contributed by atoms with E-state index in [1.165, 1.54) is 0 Å². The molecule has 20 heavy (non-hydrogen) atoms. The van der Waals surface area contributed by atoms with E-state index >= 15 is 0 Å². The summed E-state index contributed by atoms with van der Waals surface area (Å²) < 4.78 is 0. The molecule has 1 aromatic carbocycles. The number of fused-ring (bicyclic) bond motifs is 1. The second-order valence-electron chi connectivity index (χ2n) is 4.84. The second kappa shape index (κ2) is 5.25. The van der Waals surface area contributed by atoms with Crippen molar-refractivity contribution in [2.24, 2.45) is 0 Å². The fourth-order valence-corrected chi connectivity index (χ4v) is 2.28. The number of anilines is 1. The second-order valence-corrected chi connectivity index (χ2v) is 4.84. The third-order valence-corrected chi connectivity index (χ3v) is 3.22. The van der Waals surface area contributed by atoms with Crippen molar-refractivity contribution >= 4 is 16.9 Å². The van der Waals surface area contributed by atoms with Crippen LogP contribution in [0.2, 0.25) is 0 Å². The van der Waals surface area contributed by atoms with E-state index in [1.54, 1.807) is 6.20 Å².